The monoisotopic (exact) mass is 531 g/mol. The van der Waals surface area contributed by atoms with E-state index in [0.29, 0.717) is 0 Å². The molecule has 9 nitrogen and oxygen atoms in total. The average Bonchev–Trinajstić information content (AvgIpc) is 3.09. The quantitative estimate of drug-likeness (QED) is 0.380. The summed E-state index contributed by atoms with van der Waals surface area (Å²) < 4.78 is 79.0. The number of likely N-dealkylation sites (tertiary alicyclic amines) is 1. The van der Waals surface area contributed by atoms with Crippen molar-refractivity contribution in [3.63, 3.8) is 0 Å². The topological polar surface area (TPSA) is 125 Å². The summed E-state index contributed by atoms with van der Waals surface area (Å²) >= 11 is 0. The van der Waals surface area contributed by atoms with Gasteiger partial charge in [0, 0.05) is 19.0 Å². The first-order valence-electron chi connectivity index (χ1n) is 11.3. The predicted molar refractivity (Wildman–Crippen MR) is 108 cm³/mol. The number of piperidine rings is 1. The van der Waals surface area contributed by atoms with E-state index in [2.05, 4.69) is 15.4 Å². The molecule has 3 rings (SSSR count). The Morgan fingerprint density at radius 1 is 1.22 bits per heavy atom. The molecule has 1 aliphatic carbocycles. The molecular formula is C21H27F6N3O6. The summed E-state index contributed by atoms with van der Waals surface area (Å²) in [4.78, 5) is 51.1. The third kappa shape index (κ3) is 6.28. The van der Waals surface area contributed by atoms with Gasteiger partial charge in [-0.3, -0.25) is 23.9 Å². The molecular weight excluding hydrogens is 504 g/mol. The third-order valence-corrected chi connectivity index (χ3v) is 7.24. The van der Waals surface area contributed by atoms with Gasteiger partial charge in [0.1, 0.15) is 18.8 Å². The van der Waals surface area contributed by atoms with Crippen LogP contribution in [0.5, 0.6) is 0 Å². The summed E-state index contributed by atoms with van der Waals surface area (Å²) in [5.41, 5.74) is -0.474. The van der Waals surface area contributed by atoms with E-state index in [4.69, 9.17) is 0 Å². The van der Waals surface area contributed by atoms with Crippen molar-refractivity contribution in [1.29, 1.82) is 0 Å². The van der Waals surface area contributed by atoms with Crippen LogP contribution in [0.2, 0.25) is 0 Å². The highest BCUT2D eigenvalue weighted by Crippen LogP contribution is 2.65. The SMILES string of the molecule is CC1(C)[C@@H]2[C@@H](C(=O)N[C@@H](C[C@@H]3CCNC3=O)C(=O)COC(F)(F)F)N(C(=O)C(O)CC(F)(F)F)C[C@@H]21. The number of ketones is 1. The number of halogens is 6. The number of hydrogen-bond acceptors (Lipinski definition) is 6. The summed E-state index contributed by atoms with van der Waals surface area (Å²) in [6, 6.07) is -2.93. The zero-order chi connectivity index (χ0) is 27.2. The summed E-state index contributed by atoms with van der Waals surface area (Å²) in [7, 11) is 0. The maximum Gasteiger partial charge on any atom is 0.522 e. The Balaban J connectivity index is 1.78. The molecule has 3 amide bonds. The van der Waals surface area contributed by atoms with Crippen molar-refractivity contribution in [2.75, 3.05) is 19.7 Å². The molecule has 36 heavy (non-hydrogen) atoms. The molecule has 204 valence electrons. The standard InChI is InChI=1S/C21H27F6N3O6/c1-19(2)10-7-30(18(35)12(31)6-20(22,23)24)15(14(10)19)17(34)29-11(5-9-3-4-28-16(9)33)13(32)8-36-21(25,26)27/h9-12,14-15,31H,3-8H2,1-2H3,(H,28,33)(H,29,34)/t9-,10-,11-,12?,14-,15-/m0/s1. The normalized spacial score (nSPS) is 28.8. The fourth-order valence-electron chi connectivity index (χ4n) is 5.25. The Hall–Kier alpha value is -2.42. The van der Waals surface area contributed by atoms with Crippen LogP contribution in [0, 0.1) is 23.2 Å². The average molecular weight is 531 g/mol. The second-order valence-electron chi connectivity index (χ2n) is 10.00. The molecule has 2 heterocycles. The molecule has 2 saturated heterocycles. The highest BCUT2D eigenvalue weighted by molar-refractivity contribution is 5.95. The Kier molecular flexibility index (Phi) is 7.66. The van der Waals surface area contributed by atoms with Crippen LogP contribution in [-0.2, 0) is 23.9 Å². The first-order valence-corrected chi connectivity index (χ1v) is 11.3. The van der Waals surface area contributed by atoms with Gasteiger partial charge >= 0.3 is 12.5 Å². The zero-order valence-corrected chi connectivity index (χ0v) is 19.4. The smallest absolute Gasteiger partial charge is 0.383 e. The molecule has 15 heteroatoms. The van der Waals surface area contributed by atoms with Gasteiger partial charge in [-0.2, -0.15) is 13.2 Å². The molecule has 3 N–H and O–H groups in total. The van der Waals surface area contributed by atoms with Gasteiger partial charge in [-0.25, -0.2) is 0 Å². The van der Waals surface area contributed by atoms with Gasteiger partial charge in [0.25, 0.3) is 5.91 Å². The van der Waals surface area contributed by atoms with Crippen LogP contribution < -0.4 is 10.6 Å². The lowest BCUT2D eigenvalue weighted by Gasteiger charge is -2.33. The Labute approximate surface area is 201 Å². The number of ether oxygens (including phenoxy) is 1. The molecule has 2 aliphatic heterocycles. The lowest BCUT2D eigenvalue weighted by molar-refractivity contribution is -0.321. The molecule has 1 unspecified atom stereocenters. The van der Waals surface area contributed by atoms with Crippen molar-refractivity contribution in [2.24, 2.45) is 23.2 Å². The lowest BCUT2D eigenvalue weighted by Crippen LogP contribution is -2.56. The fraction of sp³-hybridized carbons (Fsp3) is 0.810. The number of amides is 3. The van der Waals surface area contributed by atoms with Crippen molar-refractivity contribution < 1.29 is 55.4 Å². The van der Waals surface area contributed by atoms with Gasteiger partial charge in [0.05, 0.1) is 12.5 Å². The van der Waals surface area contributed by atoms with Crippen LogP contribution in [0.15, 0.2) is 0 Å². The lowest BCUT2D eigenvalue weighted by atomic mass is 9.94. The number of alkyl halides is 6. The molecule has 0 radical (unpaired) electrons. The molecule has 0 aromatic carbocycles. The number of fused-ring (bicyclic) bond motifs is 1. The number of rotatable bonds is 9. The van der Waals surface area contributed by atoms with E-state index in [1.807, 2.05) is 0 Å². The van der Waals surface area contributed by atoms with Gasteiger partial charge in [-0.1, -0.05) is 13.8 Å². The number of carbonyl (C=O) groups excluding carboxylic acids is 4. The van der Waals surface area contributed by atoms with Gasteiger partial charge < -0.3 is 20.6 Å². The van der Waals surface area contributed by atoms with Crippen LogP contribution >= 0.6 is 0 Å². The molecule has 1 saturated carbocycles. The van der Waals surface area contributed by atoms with Crippen molar-refractivity contribution in [3.05, 3.63) is 0 Å². The molecule has 3 aliphatic rings. The minimum Gasteiger partial charge on any atom is -0.383 e. The second kappa shape index (κ2) is 9.80. The van der Waals surface area contributed by atoms with Crippen molar-refractivity contribution >= 4 is 23.5 Å². The van der Waals surface area contributed by atoms with Gasteiger partial charge in [0.2, 0.25) is 11.8 Å². The van der Waals surface area contributed by atoms with Crippen molar-refractivity contribution in [2.45, 2.75) is 63.8 Å². The van der Waals surface area contributed by atoms with E-state index in [-0.39, 0.29) is 31.8 Å². The van der Waals surface area contributed by atoms with Gasteiger partial charge in [-0.05, 0) is 30.1 Å². The van der Waals surface area contributed by atoms with Gasteiger partial charge in [-0.15, -0.1) is 13.2 Å². The number of aliphatic hydroxyl groups excluding tert-OH is 1. The third-order valence-electron chi connectivity index (χ3n) is 7.24. The minimum atomic E-state index is -5.12. The largest absolute Gasteiger partial charge is 0.522 e. The van der Waals surface area contributed by atoms with Gasteiger partial charge in [0.15, 0.2) is 5.78 Å². The Morgan fingerprint density at radius 3 is 2.39 bits per heavy atom. The van der Waals surface area contributed by atoms with Crippen LogP contribution in [0.4, 0.5) is 26.3 Å². The number of nitrogens with zero attached hydrogens (tertiary/aromatic N) is 1. The van der Waals surface area contributed by atoms with Crippen molar-refractivity contribution in [3.8, 4) is 0 Å². The highest BCUT2D eigenvalue weighted by atomic mass is 19.4. The first-order chi connectivity index (χ1) is 16.4. The summed E-state index contributed by atoms with van der Waals surface area (Å²) in [6.45, 7) is 2.29. The van der Waals surface area contributed by atoms with E-state index >= 15 is 0 Å². The Morgan fingerprint density at radius 2 is 1.86 bits per heavy atom. The molecule has 0 aromatic rings. The number of hydrogen-bond donors (Lipinski definition) is 3. The molecule has 3 fully saturated rings. The number of aliphatic hydroxyl groups is 1. The van der Waals surface area contributed by atoms with Crippen molar-refractivity contribution in [1.82, 2.24) is 15.5 Å². The number of carbonyl (C=O) groups is 4. The number of nitrogens with one attached hydrogen (secondary N) is 2. The van der Waals surface area contributed by atoms with E-state index in [0.717, 1.165) is 4.90 Å². The van der Waals surface area contributed by atoms with E-state index in [1.54, 1.807) is 13.8 Å². The number of Topliss-reactive ketones (excluding diaryl/α,β-unsaturated/α-hetero) is 1. The van der Waals surface area contributed by atoms with E-state index in [1.165, 1.54) is 0 Å². The minimum absolute atomic E-state index is 0.107. The molecule has 0 aromatic heterocycles. The van der Waals surface area contributed by atoms with Crippen LogP contribution in [0.25, 0.3) is 0 Å². The fourth-order valence-corrected chi connectivity index (χ4v) is 5.25. The summed E-state index contributed by atoms with van der Waals surface area (Å²) in [5.74, 6) is -5.44. The maximum absolute atomic E-state index is 13.2. The van der Waals surface area contributed by atoms with Crippen LogP contribution in [0.3, 0.4) is 0 Å². The zero-order valence-electron chi connectivity index (χ0n) is 19.4. The molecule has 0 spiro atoms. The highest BCUT2D eigenvalue weighted by Gasteiger charge is 2.69. The maximum atomic E-state index is 13.2. The van der Waals surface area contributed by atoms with E-state index in [9.17, 15) is 50.6 Å². The van der Waals surface area contributed by atoms with Crippen LogP contribution in [0.1, 0.15) is 33.1 Å². The molecule has 6 atom stereocenters. The summed E-state index contributed by atoms with van der Waals surface area (Å²) in [5, 5.41) is 14.6. The van der Waals surface area contributed by atoms with E-state index < -0.39 is 84.5 Å². The summed E-state index contributed by atoms with van der Waals surface area (Å²) in [6.07, 6.45) is -14.3. The Bertz CT molecular complexity index is 908. The molecule has 0 bridgehead atoms. The van der Waals surface area contributed by atoms with Crippen LogP contribution in [-0.4, -0.2) is 83.9 Å². The second-order valence-corrected chi connectivity index (χ2v) is 10.00. The first kappa shape index (κ1) is 28.2. The predicted octanol–water partition coefficient (Wildman–Crippen LogP) is 0.899.